The molecule has 1 aliphatic heterocycles. The molecular formula is C36H41N5O2. The van der Waals surface area contributed by atoms with Crippen molar-refractivity contribution in [1.29, 1.82) is 0 Å². The lowest BCUT2D eigenvalue weighted by molar-refractivity contribution is 0.160. The fraction of sp³-hybridized carbons (Fsp3) is 0.278. The van der Waals surface area contributed by atoms with Crippen molar-refractivity contribution in [3.8, 4) is 11.5 Å². The largest absolute Gasteiger partial charge is 0.491 e. The van der Waals surface area contributed by atoms with E-state index in [-0.39, 0.29) is 7.43 Å². The molecule has 222 valence electrons. The monoisotopic (exact) mass is 575 g/mol. The Labute approximate surface area is 254 Å². The van der Waals surface area contributed by atoms with Crippen molar-refractivity contribution >= 4 is 35.2 Å². The molecule has 2 aromatic carbocycles. The van der Waals surface area contributed by atoms with E-state index in [2.05, 4.69) is 68.4 Å². The Kier molecular flexibility index (Phi) is 10.1. The Balaban J connectivity index is 0.00000368. The number of aromatic nitrogens is 4. The van der Waals surface area contributed by atoms with E-state index in [1.54, 1.807) is 6.20 Å². The molecule has 0 unspecified atom stereocenters. The first-order valence-electron chi connectivity index (χ1n) is 14.7. The SMILES string of the molecule is C.CC1CCN(CCOc2cc(OCc3ccccn3)ccc2/C=C/c2cc(/C=C/c3ccc4cc[nH]c4c3)n[nH]2)CC1. The zero-order valence-electron chi connectivity index (χ0n) is 24.0. The summed E-state index contributed by atoms with van der Waals surface area (Å²) in [6.45, 7) is 6.58. The summed E-state index contributed by atoms with van der Waals surface area (Å²) in [6.07, 6.45) is 14.4. The number of benzene rings is 2. The highest BCUT2D eigenvalue weighted by molar-refractivity contribution is 5.83. The molecule has 43 heavy (non-hydrogen) atoms. The Morgan fingerprint density at radius 1 is 0.930 bits per heavy atom. The third-order valence-electron chi connectivity index (χ3n) is 7.72. The van der Waals surface area contributed by atoms with E-state index in [4.69, 9.17) is 9.47 Å². The summed E-state index contributed by atoms with van der Waals surface area (Å²) < 4.78 is 12.4. The minimum absolute atomic E-state index is 0. The van der Waals surface area contributed by atoms with Gasteiger partial charge in [-0.25, -0.2) is 0 Å². The molecule has 1 aliphatic rings. The summed E-state index contributed by atoms with van der Waals surface area (Å²) in [5, 5.41) is 8.79. The van der Waals surface area contributed by atoms with Gasteiger partial charge in [0.15, 0.2) is 0 Å². The highest BCUT2D eigenvalue weighted by Crippen LogP contribution is 2.28. The molecular weight excluding hydrogens is 534 g/mol. The van der Waals surface area contributed by atoms with Crippen molar-refractivity contribution in [3.63, 3.8) is 0 Å². The maximum atomic E-state index is 6.34. The Bertz CT molecular complexity index is 1640. The summed E-state index contributed by atoms with van der Waals surface area (Å²) in [7, 11) is 0. The smallest absolute Gasteiger partial charge is 0.130 e. The van der Waals surface area contributed by atoms with Gasteiger partial charge in [-0.05, 0) is 103 Å². The zero-order chi connectivity index (χ0) is 28.6. The van der Waals surface area contributed by atoms with E-state index in [9.17, 15) is 0 Å². The van der Waals surface area contributed by atoms with Crippen molar-refractivity contribution in [3.05, 3.63) is 107 Å². The van der Waals surface area contributed by atoms with Gasteiger partial charge < -0.3 is 14.5 Å². The number of hydrogen-bond donors (Lipinski definition) is 2. The quantitative estimate of drug-likeness (QED) is 0.167. The lowest BCUT2D eigenvalue weighted by atomic mass is 9.99. The molecule has 1 fully saturated rings. The van der Waals surface area contributed by atoms with Gasteiger partial charge in [0.05, 0.1) is 17.1 Å². The fourth-order valence-electron chi connectivity index (χ4n) is 5.13. The predicted octanol–water partition coefficient (Wildman–Crippen LogP) is 7.95. The molecule has 1 saturated heterocycles. The maximum absolute atomic E-state index is 6.34. The van der Waals surface area contributed by atoms with Crippen LogP contribution in [0.4, 0.5) is 0 Å². The molecule has 2 N–H and O–H groups in total. The molecule has 0 bridgehead atoms. The summed E-state index contributed by atoms with van der Waals surface area (Å²) in [4.78, 5) is 10.1. The molecule has 0 saturated carbocycles. The van der Waals surface area contributed by atoms with Gasteiger partial charge in [0, 0.05) is 36.1 Å². The number of rotatable bonds is 11. The van der Waals surface area contributed by atoms with Crippen LogP contribution in [0.1, 0.15) is 55.4 Å². The molecule has 4 heterocycles. The van der Waals surface area contributed by atoms with Crippen LogP contribution in [0.5, 0.6) is 11.5 Å². The molecule has 0 amide bonds. The van der Waals surface area contributed by atoms with Crippen LogP contribution in [0.2, 0.25) is 0 Å². The summed E-state index contributed by atoms with van der Waals surface area (Å²) in [6, 6.07) is 22.3. The van der Waals surface area contributed by atoms with Gasteiger partial charge in [-0.15, -0.1) is 0 Å². The summed E-state index contributed by atoms with van der Waals surface area (Å²) in [5.41, 5.74) is 5.90. The van der Waals surface area contributed by atoms with E-state index in [1.807, 2.05) is 60.8 Å². The standard InChI is InChI=1S/C35H37N5O2.CH4/c1-26-14-18-40(19-15-26)20-21-41-35-24-33(42-25-32-4-2-3-16-36-32)12-9-29(35)8-11-31-23-30(38-39-31)10-6-27-5-7-28-13-17-37-34(28)22-27;/h2-13,16-17,22-24,26,37H,14-15,18-21,25H2,1H3,(H,38,39);1H4/b10-6+,11-8+;. The van der Waals surface area contributed by atoms with Crippen molar-refractivity contribution < 1.29 is 9.47 Å². The molecule has 6 rings (SSSR count). The third kappa shape index (κ3) is 8.23. The molecule has 0 spiro atoms. The van der Waals surface area contributed by atoms with Gasteiger partial charge in [-0.1, -0.05) is 38.6 Å². The molecule has 0 atom stereocenters. The number of piperidine rings is 1. The second-order valence-electron chi connectivity index (χ2n) is 10.9. The number of hydrogen-bond acceptors (Lipinski definition) is 5. The van der Waals surface area contributed by atoms with Crippen LogP contribution < -0.4 is 9.47 Å². The van der Waals surface area contributed by atoms with Gasteiger partial charge in [0.2, 0.25) is 0 Å². The topological polar surface area (TPSA) is 79.1 Å². The summed E-state index contributed by atoms with van der Waals surface area (Å²) in [5.74, 6) is 2.37. The average Bonchev–Trinajstić information content (AvgIpc) is 3.69. The number of nitrogens with one attached hydrogen (secondary N) is 2. The molecule has 0 aliphatic carbocycles. The van der Waals surface area contributed by atoms with E-state index in [0.717, 1.165) is 70.8 Å². The summed E-state index contributed by atoms with van der Waals surface area (Å²) >= 11 is 0. The number of ether oxygens (including phenoxy) is 2. The van der Waals surface area contributed by atoms with Gasteiger partial charge in [-0.2, -0.15) is 5.10 Å². The van der Waals surface area contributed by atoms with Crippen LogP contribution in [0, 0.1) is 5.92 Å². The van der Waals surface area contributed by atoms with Gasteiger partial charge in [0.1, 0.15) is 24.7 Å². The highest BCUT2D eigenvalue weighted by atomic mass is 16.5. The number of nitrogens with zero attached hydrogens (tertiary/aromatic N) is 3. The second-order valence-corrected chi connectivity index (χ2v) is 10.9. The minimum atomic E-state index is 0. The number of aromatic amines is 2. The van der Waals surface area contributed by atoms with Crippen LogP contribution >= 0.6 is 0 Å². The zero-order valence-corrected chi connectivity index (χ0v) is 24.0. The highest BCUT2D eigenvalue weighted by Gasteiger charge is 2.15. The first-order chi connectivity index (χ1) is 20.7. The van der Waals surface area contributed by atoms with Crippen LogP contribution in [0.25, 0.3) is 35.2 Å². The number of fused-ring (bicyclic) bond motifs is 1. The second kappa shape index (κ2) is 14.5. The normalized spacial score (nSPS) is 14.4. The van der Waals surface area contributed by atoms with E-state index < -0.39 is 0 Å². The lowest BCUT2D eigenvalue weighted by Gasteiger charge is -2.30. The lowest BCUT2D eigenvalue weighted by Crippen LogP contribution is -2.35. The third-order valence-corrected chi connectivity index (χ3v) is 7.72. The van der Waals surface area contributed by atoms with Crippen molar-refractivity contribution in [2.75, 3.05) is 26.2 Å². The molecule has 7 nitrogen and oxygen atoms in total. The first-order valence-corrected chi connectivity index (χ1v) is 14.7. The number of H-pyrrole nitrogens is 2. The van der Waals surface area contributed by atoms with E-state index in [1.165, 1.54) is 18.2 Å². The van der Waals surface area contributed by atoms with Crippen molar-refractivity contribution in [2.45, 2.75) is 33.8 Å². The first kappa shape index (κ1) is 29.9. The Morgan fingerprint density at radius 3 is 2.70 bits per heavy atom. The van der Waals surface area contributed by atoms with Crippen LogP contribution in [0.3, 0.4) is 0 Å². The molecule has 0 radical (unpaired) electrons. The molecule has 5 aromatic rings. The maximum Gasteiger partial charge on any atom is 0.130 e. The average molecular weight is 576 g/mol. The molecule has 3 aromatic heterocycles. The number of pyridine rings is 1. The van der Waals surface area contributed by atoms with Gasteiger partial charge in [0.25, 0.3) is 0 Å². The minimum Gasteiger partial charge on any atom is -0.491 e. The van der Waals surface area contributed by atoms with E-state index in [0.29, 0.717) is 13.2 Å². The molecule has 7 heteroatoms. The van der Waals surface area contributed by atoms with Gasteiger partial charge in [-0.3, -0.25) is 15.0 Å². The van der Waals surface area contributed by atoms with Crippen molar-refractivity contribution in [2.24, 2.45) is 5.92 Å². The Hall–Kier alpha value is -4.62. The van der Waals surface area contributed by atoms with E-state index >= 15 is 0 Å². The van der Waals surface area contributed by atoms with Crippen LogP contribution in [-0.2, 0) is 6.61 Å². The fourth-order valence-corrected chi connectivity index (χ4v) is 5.13. The Morgan fingerprint density at radius 2 is 1.84 bits per heavy atom. The van der Waals surface area contributed by atoms with Gasteiger partial charge >= 0.3 is 0 Å². The van der Waals surface area contributed by atoms with Crippen LogP contribution in [-0.4, -0.2) is 51.3 Å². The van der Waals surface area contributed by atoms with Crippen LogP contribution in [0.15, 0.2) is 79.1 Å². The predicted molar refractivity (Wildman–Crippen MR) is 177 cm³/mol. The number of likely N-dealkylation sites (tertiary alicyclic amines) is 1. The van der Waals surface area contributed by atoms with Crippen molar-refractivity contribution in [1.82, 2.24) is 25.1 Å².